The number of hydrogen-bond acceptors (Lipinski definition) is 3. The molecule has 1 aliphatic rings. The van der Waals surface area contributed by atoms with Gasteiger partial charge in [-0.05, 0) is 70.8 Å². The lowest BCUT2D eigenvalue weighted by atomic mass is 9.80. The molecule has 10 rings (SSSR count). The van der Waals surface area contributed by atoms with Crippen molar-refractivity contribution in [1.82, 2.24) is 14.5 Å². The third-order valence-corrected chi connectivity index (χ3v) is 10.0. The Hall–Kier alpha value is -6.00. The first-order valence-corrected chi connectivity index (χ1v) is 16.1. The molecule has 0 bridgehead atoms. The van der Waals surface area contributed by atoms with Crippen LogP contribution in [0.3, 0.4) is 0 Å². The molecule has 47 heavy (non-hydrogen) atoms. The minimum absolute atomic E-state index is 0.103. The molecule has 0 atom stereocenters. The van der Waals surface area contributed by atoms with Crippen molar-refractivity contribution in [2.24, 2.45) is 0 Å². The SMILES string of the molecule is CC1(C)c2ccccc2-c2ccc3c(c21)c1ccccc1n3-c1ccc(-c2nc(-c3ccccc3)c3oc4ccccc4c3n2)cc1. The van der Waals surface area contributed by atoms with E-state index in [4.69, 9.17) is 14.4 Å². The van der Waals surface area contributed by atoms with Gasteiger partial charge in [-0.2, -0.15) is 0 Å². The zero-order valence-corrected chi connectivity index (χ0v) is 26.0. The molecule has 0 saturated carbocycles. The quantitative estimate of drug-likeness (QED) is 0.202. The Morgan fingerprint density at radius 1 is 0.574 bits per heavy atom. The maximum absolute atomic E-state index is 6.32. The first-order chi connectivity index (χ1) is 23.1. The summed E-state index contributed by atoms with van der Waals surface area (Å²) in [5.41, 5.74) is 14.0. The van der Waals surface area contributed by atoms with Crippen LogP contribution in [0.25, 0.3) is 83.3 Å². The number of hydrogen-bond donors (Lipinski definition) is 0. The molecule has 0 N–H and O–H groups in total. The fourth-order valence-electron chi connectivity index (χ4n) is 7.88. The first-order valence-electron chi connectivity index (χ1n) is 16.1. The lowest BCUT2D eigenvalue weighted by Crippen LogP contribution is -2.15. The zero-order valence-electron chi connectivity index (χ0n) is 26.0. The Morgan fingerprint density at radius 2 is 1.30 bits per heavy atom. The average molecular weight is 604 g/mol. The van der Waals surface area contributed by atoms with Crippen molar-refractivity contribution in [3.63, 3.8) is 0 Å². The molecule has 9 aromatic rings. The van der Waals surface area contributed by atoms with Crippen molar-refractivity contribution in [3.05, 3.63) is 151 Å². The third-order valence-electron chi connectivity index (χ3n) is 10.0. The molecule has 1 aliphatic carbocycles. The van der Waals surface area contributed by atoms with E-state index in [1.54, 1.807) is 0 Å². The number of rotatable bonds is 3. The fraction of sp³-hybridized carbons (Fsp3) is 0.0698. The molecule has 4 heteroatoms. The van der Waals surface area contributed by atoms with Crippen molar-refractivity contribution >= 4 is 43.9 Å². The Balaban J connectivity index is 1.16. The summed E-state index contributed by atoms with van der Waals surface area (Å²) in [6, 6.07) is 49.2. The van der Waals surface area contributed by atoms with E-state index >= 15 is 0 Å². The molecule has 0 saturated heterocycles. The van der Waals surface area contributed by atoms with Crippen LogP contribution in [0, 0.1) is 0 Å². The van der Waals surface area contributed by atoms with Crippen molar-refractivity contribution in [2.45, 2.75) is 19.3 Å². The molecule has 0 aliphatic heterocycles. The second kappa shape index (κ2) is 9.51. The zero-order chi connectivity index (χ0) is 31.3. The van der Waals surface area contributed by atoms with Gasteiger partial charge in [0.15, 0.2) is 11.4 Å². The maximum atomic E-state index is 6.32. The predicted molar refractivity (Wildman–Crippen MR) is 192 cm³/mol. The van der Waals surface area contributed by atoms with Crippen molar-refractivity contribution in [1.29, 1.82) is 0 Å². The molecule has 0 spiro atoms. The van der Waals surface area contributed by atoms with E-state index < -0.39 is 0 Å². The molecule has 3 heterocycles. The van der Waals surface area contributed by atoms with Crippen LogP contribution in [0.1, 0.15) is 25.0 Å². The van der Waals surface area contributed by atoms with E-state index in [1.807, 2.05) is 36.4 Å². The molecule has 3 aromatic heterocycles. The second-order valence-electron chi connectivity index (χ2n) is 13.0. The molecule has 4 nitrogen and oxygen atoms in total. The number of furan rings is 1. The monoisotopic (exact) mass is 603 g/mol. The number of benzene rings is 6. The molecule has 0 radical (unpaired) electrons. The highest BCUT2D eigenvalue weighted by molar-refractivity contribution is 6.14. The highest BCUT2D eigenvalue weighted by Gasteiger charge is 2.38. The summed E-state index contributed by atoms with van der Waals surface area (Å²) >= 11 is 0. The smallest absolute Gasteiger partial charge is 0.180 e. The van der Waals surface area contributed by atoms with Crippen LogP contribution in [-0.2, 0) is 5.41 Å². The number of para-hydroxylation sites is 2. The summed E-state index contributed by atoms with van der Waals surface area (Å²) in [5, 5.41) is 3.59. The molecule has 222 valence electrons. The highest BCUT2D eigenvalue weighted by atomic mass is 16.3. The highest BCUT2D eigenvalue weighted by Crippen LogP contribution is 2.53. The van der Waals surface area contributed by atoms with Gasteiger partial charge >= 0.3 is 0 Å². The van der Waals surface area contributed by atoms with E-state index in [9.17, 15) is 0 Å². The normalized spacial score (nSPS) is 13.5. The maximum Gasteiger partial charge on any atom is 0.180 e. The van der Waals surface area contributed by atoms with Gasteiger partial charge in [0, 0.05) is 38.4 Å². The van der Waals surface area contributed by atoms with Gasteiger partial charge in [0.05, 0.1) is 11.0 Å². The Labute approximate surface area is 271 Å². The van der Waals surface area contributed by atoms with Crippen LogP contribution in [-0.4, -0.2) is 14.5 Å². The van der Waals surface area contributed by atoms with Crippen LogP contribution in [0.15, 0.2) is 144 Å². The molecule has 0 fully saturated rings. The van der Waals surface area contributed by atoms with Gasteiger partial charge in [-0.25, -0.2) is 9.97 Å². The van der Waals surface area contributed by atoms with E-state index in [1.165, 1.54) is 44.1 Å². The summed E-state index contributed by atoms with van der Waals surface area (Å²) in [4.78, 5) is 10.2. The molecule has 0 amide bonds. The van der Waals surface area contributed by atoms with E-state index in [-0.39, 0.29) is 5.41 Å². The number of nitrogens with zero attached hydrogens (tertiary/aromatic N) is 3. The fourth-order valence-corrected chi connectivity index (χ4v) is 7.88. The van der Waals surface area contributed by atoms with Gasteiger partial charge in [-0.1, -0.05) is 105 Å². The topological polar surface area (TPSA) is 43.9 Å². The average Bonchev–Trinajstić information content (AvgIpc) is 3.74. The summed E-state index contributed by atoms with van der Waals surface area (Å²) < 4.78 is 8.72. The van der Waals surface area contributed by atoms with E-state index in [0.717, 1.165) is 39.0 Å². The van der Waals surface area contributed by atoms with Gasteiger partial charge < -0.3 is 8.98 Å². The number of aromatic nitrogens is 3. The van der Waals surface area contributed by atoms with E-state index in [0.29, 0.717) is 11.4 Å². The predicted octanol–water partition coefficient (Wildman–Crippen LogP) is 11.1. The van der Waals surface area contributed by atoms with Crippen molar-refractivity contribution in [2.75, 3.05) is 0 Å². The van der Waals surface area contributed by atoms with Gasteiger partial charge in [0.25, 0.3) is 0 Å². The molecule has 0 unspecified atom stereocenters. The lowest BCUT2D eigenvalue weighted by molar-refractivity contribution is 0.666. The lowest BCUT2D eigenvalue weighted by Gasteiger charge is -2.22. The molecular weight excluding hydrogens is 574 g/mol. The Bertz CT molecular complexity index is 2700. The Kier molecular flexibility index (Phi) is 5.31. The number of fused-ring (bicyclic) bond motifs is 10. The Morgan fingerprint density at radius 3 is 2.15 bits per heavy atom. The van der Waals surface area contributed by atoms with Crippen LogP contribution in [0.5, 0.6) is 0 Å². The van der Waals surface area contributed by atoms with Crippen molar-refractivity contribution < 1.29 is 4.42 Å². The summed E-state index contributed by atoms with van der Waals surface area (Å²) in [6.07, 6.45) is 0. The molecular formula is C43H29N3O. The first kappa shape index (κ1) is 26.2. The minimum Gasteiger partial charge on any atom is -0.452 e. The van der Waals surface area contributed by atoms with Gasteiger partial charge in [-0.15, -0.1) is 0 Å². The summed E-state index contributed by atoms with van der Waals surface area (Å²) in [7, 11) is 0. The van der Waals surface area contributed by atoms with Crippen molar-refractivity contribution in [3.8, 4) is 39.5 Å². The summed E-state index contributed by atoms with van der Waals surface area (Å²) in [6.45, 7) is 4.73. The molecule has 6 aromatic carbocycles. The van der Waals surface area contributed by atoms with Gasteiger partial charge in [-0.3, -0.25) is 0 Å². The van der Waals surface area contributed by atoms with Crippen LogP contribution < -0.4 is 0 Å². The largest absolute Gasteiger partial charge is 0.452 e. The second-order valence-corrected chi connectivity index (χ2v) is 13.0. The van der Waals surface area contributed by atoms with Crippen LogP contribution in [0.2, 0.25) is 0 Å². The standard InChI is InChI=1S/C43H29N3O/c1-43(2)33-17-9-6-14-29(33)30-24-25-35-37(38(30)43)31-15-7-10-18-34(31)46(35)28-22-20-27(21-23-28)42-44-39(26-12-4-3-5-13-26)41-40(45-42)32-16-8-11-19-36(32)47-41/h3-25H,1-2H3. The van der Waals surface area contributed by atoms with Gasteiger partial charge in [0.1, 0.15) is 16.8 Å². The van der Waals surface area contributed by atoms with Crippen LogP contribution >= 0.6 is 0 Å². The van der Waals surface area contributed by atoms with Gasteiger partial charge in [0.2, 0.25) is 0 Å². The third kappa shape index (κ3) is 3.64. The summed E-state index contributed by atoms with van der Waals surface area (Å²) in [5.74, 6) is 0.675. The van der Waals surface area contributed by atoms with Crippen LogP contribution in [0.4, 0.5) is 0 Å². The van der Waals surface area contributed by atoms with E-state index in [2.05, 4.69) is 122 Å². The minimum atomic E-state index is -0.103.